The molecule has 1 aliphatic carbocycles. The number of hydrogen-bond acceptors (Lipinski definition) is 4. The van der Waals surface area contributed by atoms with Crippen molar-refractivity contribution in [3.63, 3.8) is 0 Å². The van der Waals surface area contributed by atoms with E-state index < -0.39 is 5.54 Å². The molecular weight excluding hydrogens is 365 g/mol. The van der Waals surface area contributed by atoms with Crippen molar-refractivity contribution >= 4 is 22.6 Å². The fourth-order valence-corrected chi connectivity index (χ4v) is 3.50. The van der Waals surface area contributed by atoms with Crippen LogP contribution in [0.15, 0.2) is 28.8 Å². The van der Waals surface area contributed by atoms with E-state index in [1.807, 2.05) is 24.3 Å². The quantitative estimate of drug-likeness (QED) is 0.804. The normalized spacial score (nSPS) is 26.6. The van der Waals surface area contributed by atoms with Crippen LogP contribution in [0.4, 0.5) is 0 Å². The molecule has 1 aromatic carbocycles. The van der Waals surface area contributed by atoms with Crippen molar-refractivity contribution in [2.24, 2.45) is 11.7 Å². The van der Waals surface area contributed by atoms with E-state index in [1.54, 1.807) is 0 Å². The predicted octanol–water partition coefficient (Wildman–Crippen LogP) is 3.71. The predicted molar refractivity (Wildman–Crippen MR) is 85.9 cm³/mol. The van der Waals surface area contributed by atoms with E-state index in [9.17, 15) is 0 Å². The first-order valence-corrected chi connectivity index (χ1v) is 8.04. The van der Waals surface area contributed by atoms with E-state index in [0.29, 0.717) is 17.6 Å². The molecule has 1 fully saturated rings. The monoisotopic (exact) mass is 383 g/mol. The smallest absolute Gasteiger partial charge is 0.258 e. The van der Waals surface area contributed by atoms with Gasteiger partial charge in [-0.15, -0.1) is 0 Å². The molecule has 0 saturated heterocycles. The van der Waals surface area contributed by atoms with Crippen molar-refractivity contribution in [3.8, 4) is 11.5 Å². The van der Waals surface area contributed by atoms with Crippen LogP contribution in [0.1, 0.15) is 38.4 Å². The number of hydrogen-bond donors (Lipinski definition) is 1. The molecule has 106 valence electrons. The Morgan fingerprint density at radius 2 is 2.30 bits per heavy atom. The maximum absolute atomic E-state index is 6.51. The Balaban J connectivity index is 1.90. The van der Waals surface area contributed by atoms with E-state index in [1.165, 1.54) is 6.42 Å². The summed E-state index contributed by atoms with van der Waals surface area (Å²) in [5, 5.41) is 4.14. The molecule has 0 radical (unpaired) electrons. The van der Waals surface area contributed by atoms with Gasteiger partial charge in [-0.1, -0.05) is 31.0 Å². The molecule has 0 bridgehead atoms. The van der Waals surface area contributed by atoms with Crippen molar-refractivity contribution in [2.45, 2.75) is 38.1 Å². The number of aromatic nitrogens is 2. The lowest BCUT2D eigenvalue weighted by atomic mass is 9.76. The van der Waals surface area contributed by atoms with Crippen LogP contribution in [0.3, 0.4) is 0 Å². The van der Waals surface area contributed by atoms with Crippen LogP contribution in [-0.4, -0.2) is 10.1 Å². The van der Waals surface area contributed by atoms with E-state index >= 15 is 0 Å². The van der Waals surface area contributed by atoms with Crippen LogP contribution in [0, 0.1) is 9.49 Å². The standard InChI is InChI=1S/C15H18IN3O/c1-10-4-3-7-15(17,9-10)14-18-13(20-19-14)11-5-2-6-12(16)8-11/h2,5-6,8,10H,3-4,7,9,17H2,1H3. The zero-order valence-corrected chi connectivity index (χ0v) is 13.6. The molecule has 2 N–H and O–H groups in total. The van der Waals surface area contributed by atoms with Crippen LogP contribution in [0.25, 0.3) is 11.5 Å². The number of rotatable bonds is 2. The number of benzene rings is 1. The first kappa shape index (κ1) is 14.0. The molecular formula is C15H18IN3O. The highest BCUT2D eigenvalue weighted by atomic mass is 127. The minimum absolute atomic E-state index is 0.429. The molecule has 1 aliphatic rings. The highest BCUT2D eigenvalue weighted by molar-refractivity contribution is 14.1. The van der Waals surface area contributed by atoms with Crippen molar-refractivity contribution in [3.05, 3.63) is 33.7 Å². The summed E-state index contributed by atoms with van der Waals surface area (Å²) in [6.07, 6.45) is 4.23. The van der Waals surface area contributed by atoms with Crippen molar-refractivity contribution in [2.75, 3.05) is 0 Å². The largest absolute Gasteiger partial charge is 0.334 e. The van der Waals surface area contributed by atoms with Gasteiger partial charge in [-0.3, -0.25) is 0 Å². The Kier molecular flexibility index (Phi) is 3.81. The third-order valence-electron chi connectivity index (χ3n) is 3.98. The average molecular weight is 383 g/mol. The molecule has 2 atom stereocenters. The Morgan fingerprint density at radius 3 is 3.05 bits per heavy atom. The summed E-state index contributed by atoms with van der Waals surface area (Å²) in [5.41, 5.74) is 7.02. The zero-order valence-electron chi connectivity index (χ0n) is 11.5. The van der Waals surface area contributed by atoms with Gasteiger partial charge in [-0.05, 0) is 59.5 Å². The highest BCUT2D eigenvalue weighted by Gasteiger charge is 2.37. The van der Waals surface area contributed by atoms with Gasteiger partial charge < -0.3 is 10.3 Å². The Labute approximate surface area is 132 Å². The second kappa shape index (κ2) is 5.44. The lowest BCUT2D eigenvalue weighted by molar-refractivity contribution is 0.222. The topological polar surface area (TPSA) is 64.9 Å². The van der Waals surface area contributed by atoms with Gasteiger partial charge in [-0.2, -0.15) is 4.98 Å². The SMILES string of the molecule is CC1CCCC(N)(c2noc(-c3cccc(I)c3)n2)C1. The molecule has 1 saturated carbocycles. The molecule has 2 unspecified atom stereocenters. The fourth-order valence-electron chi connectivity index (χ4n) is 2.96. The minimum Gasteiger partial charge on any atom is -0.334 e. The second-order valence-corrected chi connectivity index (χ2v) is 7.04. The summed E-state index contributed by atoms with van der Waals surface area (Å²) in [5.74, 6) is 1.83. The third kappa shape index (κ3) is 2.74. The molecule has 0 spiro atoms. The molecule has 1 aromatic heterocycles. The van der Waals surface area contributed by atoms with Gasteiger partial charge in [0.15, 0.2) is 5.82 Å². The van der Waals surface area contributed by atoms with Gasteiger partial charge >= 0.3 is 0 Å². The van der Waals surface area contributed by atoms with E-state index in [-0.39, 0.29) is 0 Å². The zero-order chi connectivity index (χ0) is 14.2. The Bertz CT molecular complexity index is 613. The number of nitrogens with two attached hydrogens (primary N) is 1. The number of halogens is 1. The number of nitrogens with zero attached hydrogens (tertiary/aromatic N) is 2. The summed E-state index contributed by atoms with van der Waals surface area (Å²) >= 11 is 2.27. The average Bonchev–Trinajstić information content (AvgIpc) is 2.88. The maximum Gasteiger partial charge on any atom is 0.258 e. The summed E-state index contributed by atoms with van der Waals surface area (Å²) in [6, 6.07) is 8.03. The van der Waals surface area contributed by atoms with E-state index in [2.05, 4.69) is 39.7 Å². The van der Waals surface area contributed by atoms with Crippen LogP contribution >= 0.6 is 22.6 Å². The van der Waals surface area contributed by atoms with Crippen molar-refractivity contribution < 1.29 is 4.52 Å². The summed E-state index contributed by atoms with van der Waals surface area (Å²) in [6.45, 7) is 2.24. The van der Waals surface area contributed by atoms with Crippen LogP contribution in [0.5, 0.6) is 0 Å². The third-order valence-corrected chi connectivity index (χ3v) is 4.65. The molecule has 4 nitrogen and oxygen atoms in total. The van der Waals surface area contributed by atoms with Gasteiger partial charge in [-0.25, -0.2) is 0 Å². The van der Waals surface area contributed by atoms with Gasteiger partial charge in [0.05, 0.1) is 5.54 Å². The van der Waals surface area contributed by atoms with Gasteiger partial charge in [0.2, 0.25) is 0 Å². The molecule has 0 aliphatic heterocycles. The van der Waals surface area contributed by atoms with Crippen LogP contribution in [-0.2, 0) is 5.54 Å². The molecule has 3 rings (SSSR count). The lowest BCUT2D eigenvalue weighted by Crippen LogP contribution is -2.42. The molecule has 2 aromatic rings. The Morgan fingerprint density at radius 1 is 1.45 bits per heavy atom. The minimum atomic E-state index is -0.429. The molecule has 0 amide bonds. The van der Waals surface area contributed by atoms with Crippen LogP contribution < -0.4 is 5.73 Å². The first-order valence-electron chi connectivity index (χ1n) is 6.96. The first-order chi connectivity index (χ1) is 9.57. The summed E-state index contributed by atoms with van der Waals surface area (Å²) < 4.78 is 6.56. The maximum atomic E-state index is 6.51. The summed E-state index contributed by atoms with van der Waals surface area (Å²) in [7, 11) is 0. The molecule has 1 heterocycles. The van der Waals surface area contributed by atoms with Gasteiger partial charge in [0.25, 0.3) is 5.89 Å². The summed E-state index contributed by atoms with van der Waals surface area (Å²) in [4.78, 5) is 4.55. The fraction of sp³-hybridized carbons (Fsp3) is 0.467. The van der Waals surface area contributed by atoms with Crippen molar-refractivity contribution in [1.29, 1.82) is 0 Å². The van der Waals surface area contributed by atoms with Gasteiger partial charge in [0, 0.05) is 9.13 Å². The van der Waals surface area contributed by atoms with Gasteiger partial charge in [0.1, 0.15) is 0 Å². The Hall–Kier alpha value is -0.950. The lowest BCUT2D eigenvalue weighted by Gasteiger charge is -2.33. The highest BCUT2D eigenvalue weighted by Crippen LogP contribution is 2.37. The van der Waals surface area contributed by atoms with Crippen molar-refractivity contribution in [1.82, 2.24) is 10.1 Å². The van der Waals surface area contributed by atoms with Crippen LogP contribution in [0.2, 0.25) is 0 Å². The molecule has 20 heavy (non-hydrogen) atoms. The second-order valence-electron chi connectivity index (χ2n) is 5.79. The van der Waals surface area contributed by atoms with E-state index in [0.717, 1.165) is 28.4 Å². The molecule has 5 heteroatoms. The van der Waals surface area contributed by atoms with E-state index in [4.69, 9.17) is 10.3 Å².